The summed E-state index contributed by atoms with van der Waals surface area (Å²) in [6.45, 7) is 21.1. The maximum Gasteiger partial charge on any atom is 0.490 e. The maximum atomic E-state index is 12.1. The second-order valence-corrected chi connectivity index (χ2v) is 38.3. The summed E-state index contributed by atoms with van der Waals surface area (Å²) < 4.78 is 100. The first-order chi connectivity index (χ1) is 69.3. The summed E-state index contributed by atoms with van der Waals surface area (Å²) in [4.78, 5) is 120. The lowest BCUT2D eigenvalue weighted by molar-refractivity contribution is -0.192. The van der Waals surface area contributed by atoms with Crippen LogP contribution in [0, 0.1) is 29.6 Å². The average Bonchev–Trinajstić information content (AvgIpc) is 0.830. The van der Waals surface area contributed by atoms with E-state index in [2.05, 4.69) is 10.6 Å². The van der Waals surface area contributed by atoms with Gasteiger partial charge in [0.1, 0.15) is 117 Å². The summed E-state index contributed by atoms with van der Waals surface area (Å²) >= 11 is 46.0. The third-order valence-electron chi connectivity index (χ3n) is 20.3. The van der Waals surface area contributed by atoms with Gasteiger partial charge >= 0.3 is 48.5 Å². The fourth-order valence-corrected chi connectivity index (χ4v) is 13.5. The number of nitrogens with zero attached hydrogens (tertiary/aromatic N) is 4. The third kappa shape index (κ3) is 54.2. The normalized spacial score (nSPS) is 13.6. The van der Waals surface area contributed by atoms with Crippen LogP contribution in [0.3, 0.4) is 0 Å². The molecule has 5 amide bonds. The number of carbonyl (C=O) groups excluding carboxylic acids is 8. The van der Waals surface area contributed by atoms with E-state index in [0.717, 1.165) is 38.1 Å². The number of ketones is 2. The highest BCUT2D eigenvalue weighted by molar-refractivity contribution is 6.32. The van der Waals surface area contributed by atoms with Gasteiger partial charge in [0.15, 0.2) is 24.8 Å². The predicted molar refractivity (Wildman–Crippen MR) is 547 cm³/mol. The number of halogens is 11. The number of Topliss-reactive ketones (excluding diaryl/α,β-unsaturated/α-hetero) is 2. The van der Waals surface area contributed by atoms with Crippen LogP contribution in [-0.4, -0.2) is 270 Å². The topological polar surface area (TPSA) is 414 Å². The maximum absolute atomic E-state index is 12.1. The van der Waals surface area contributed by atoms with E-state index >= 15 is 0 Å². The molecule has 0 saturated carbocycles. The molecule has 5 aliphatic rings. The number of esters is 1. The van der Waals surface area contributed by atoms with Gasteiger partial charge in [-0.15, -0.1) is 0 Å². The minimum absolute atomic E-state index is 0.00220. The number of ether oxygens (including phenoxy) is 13. The van der Waals surface area contributed by atoms with Crippen LogP contribution in [0.1, 0.15) is 80.1 Å². The Kier molecular flexibility index (Phi) is 55.6. The van der Waals surface area contributed by atoms with Gasteiger partial charge in [-0.05, 0) is 279 Å². The lowest BCUT2D eigenvalue weighted by atomic mass is 9.93. The Morgan fingerprint density at radius 3 is 0.877 bits per heavy atom. The number of carbonyl (C=O) groups is 10. The van der Waals surface area contributed by atoms with Crippen molar-refractivity contribution in [3.05, 3.63) is 234 Å². The van der Waals surface area contributed by atoms with E-state index in [9.17, 15) is 56.3 Å². The van der Waals surface area contributed by atoms with Gasteiger partial charge in [-0.2, -0.15) is 13.2 Å². The number of aliphatic hydroxyl groups is 1. The molecule has 0 aromatic heterocycles. The largest absolute Gasteiger partial charge is 0.491 e. The lowest BCUT2D eigenvalue weighted by Gasteiger charge is -2.39. The van der Waals surface area contributed by atoms with Crippen molar-refractivity contribution < 1.29 is 138 Å². The zero-order chi connectivity index (χ0) is 107. The van der Waals surface area contributed by atoms with Crippen LogP contribution in [0.15, 0.2) is 194 Å². The molecule has 33 nitrogen and oxygen atoms in total. The van der Waals surface area contributed by atoms with E-state index in [1.807, 2.05) is 41.5 Å². The molecule has 5 aliphatic heterocycles. The van der Waals surface area contributed by atoms with Crippen LogP contribution in [0.25, 0.3) is 0 Å². The number of hydrogen-bond donors (Lipinski definition) is 6. The summed E-state index contributed by atoms with van der Waals surface area (Å²) in [5.41, 5.74) is 4.63. The first kappa shape index (κ1) is 123. The van der Waals surface area contributed by atoms with Crippen molar-refractivity contribution in [2.45, 2.75) is 97.4 Å². The molecule has 0 aliphatic carbocycles. The predicted octanol–water partition coefficient (Wildman–Crippen LogP) is 19.7. The number of rotatable bonds is 39. The van der Waals surface area contributed by atoms with Gasteiger partial charge in [-0.25, -0.2) is 28.8 Å². The smallest absolute Gasteiger partial charge is 0.490 e. The Morgan fingerprint density at radius 2 is 0.616 bits per heavy atom. The highest BCUT2D eigenvalue weighted by Crippen LogP contribution is 2.29. The molecule has 13 rings (SSSR count). The Bertz CT molecular complexity index is 5240. The van der Waals surface area contributed by atoms with Crippen LogP contribution in [0.2, 0.25) is 40.2 Å². The Hall–Kier alpha value is -11.6. The summed E-state index contributed by atoms with van der Waals surface area (Å²) in [6.07, 6.45) is -2.96. The van der Waals surface area contributed by atoms with E-state index < -0.39 is 29.3 Å². The molecule has 5 heterocycles. The van der Waals surface area contributed by atoms with Gasteiger partial charge in [0.25, 0.3) is 5.91 Å². The number of nitrogens with one attached hydrogen (secondary N) is 2. The van der Waals surface area contributed by atoms with Crippen molar-refractivity contribution in [1.29, 1.82) is 0 Å². The van der Waals surface area contributed by atoms with E-state index in [1.54, 1.807) is 214 Å². The van der Waals surface area contributed by atoms with E-state index in [4.69, 9.17) is 180 Å². The molecule has 7 N–H and O–H groups in total. The fraction of sp³-hybridized carbons (Fsp3) is 0.431. The summed E-state index contributed by atoms with van der Waals surface area (Å²) in [7, 11) is 0. The second kappa shape index (κ2) is 65.9. The van der Waals surface area contributed by atoms with Gasteiger partial charge in [-0.3, -0.25) is 19.2 Å². The molecule has 0 unspecified atom stereocenters. The number of amides is 5. The van der Waals surface area contributed by atoms with Crippen LogP contribution in [-0.2, 0) is 52.5 Å². The van der Waals surface area contributed by atoms with E-state index in [0.29, 0.717) is 208 Å². The monoisotopic (exact) mass is 2200 g/mol. The highest BCUT2D eigenvalue weighted by Gasteiger charge is 2.39. The number of alkyl carbamates (subject to hydrolysis) is 1. The van der Waals surface area contributed by atoms with Crippen molar-refractivity contribution in [2.24, 2.45) is 35.3 Å². The fourth-order valence-electron chi connectivity index (χ4n) is 12.5. The minimum atomic E-state index is -5.08. The van der Waals surface area contributed by atoms with Gasteiger partial charge in [0.2, 0.25) is 0 Å². The zero-order valence-electron chi connectivity index (χ0n) is 81.3. The number of carboxylic acids is 2. The van der Waals surface area contributed by atoms with Crippen LogP contribution >= 0.6 is 92.8 Å². The highest BCUT2D eigenvalue weighted by atomic mass is 35.5. The molecule has 44 heteroatoms. The minimum Gasteiger partial charge on any atom is -0.491 e. The molecule has 798 valence electrons. The van der Waals surface area contributed by atoms with Gasteiger partial charge < -0.3 is 113 Å². The van der Waals surface area contributed by atoms with Crippen molar-refractivity contribution in [3.8, 4) is 46.0 Å². The zero-order valence-corrected chi connectivity index (χ0v) is 87.4. The van der Waals surface area contributed by atoms with E-state index in [-0.39, 0.29) is 114 Å². The molecule has 146 heavy (non-hydrogen) atoms. The van der Waals surface area contributed by atoms with Gasteiger partial charge in [0, 0.05) is 143 Å². The number of hydrogen-bond acceptors (Lipinski definition) is 26. The molecule has 0 spiro atoms. The molecule has 8 aromatic carbocycles. The summed E-state index contributed by atoms with van der Waals surface area (Å²) in [5, 5.41) is 34.8. The molecule has 0 atom stereocenters. The first-order valence-corrected chi connectivity index (χ1v) is 49.2. The summed E-state index contributed by atoms with van der Waals surface area (Å²) in [5.74, 6) is 3.17. The molecule has 5 fully saturated rings. The molecule has 0 bridgehead atoms. The van der Waals surface area contributed by atoms with Crippen molar-refractivity contribution in [1.82, 2.24) is 30.2 Å². The quantitative estimate of drug-likeness (QED) is 0.0118. The average molecular weight is 2200 g/mol. The molecule has 8 aromatic rings. The number of alkyl halides is 3. The van der Waals surface area contributed by atoms with Gasteiger partial charge in [0.05, 0.1) is 6.61 Å². The van der Waals surface area contributed by atoms with Gasteiger partial charge in [-0.1, -0.05) is 92.8 Å². The van der Waals surface area contributed by atoms with Crippen LogP contribution in [0.5, 0.6) is 46.0 Å². The number of aliphatic carboxylic acids is 2. The van der Waals surface area contributed by atoms with Crippen molar-refractivity contribution in [3.63, 3.8) is 0 Å². The number of nitrogens with two attached hydrogens (primary N) is 1. The number of carboxylic acid groups (broad SMARTS) is 2. The standard InChI is InChI=1S/C22H23Cl2NO5.C21H21Cl2NO4.C19H26ClNO5.C13H17ClN2O3.C9H18N2O2.C8H7ClO3.C8H9ClO2.C2HF3O2/c23-17-2-7-20(8-3-17)28-11-12-29-22(27)25-13-16(14-25)1-6-19(26)15-30-21-9-4-18(24)5-10-21;22-16-2-7-19(8-3-16)27-13-18(25)6-1-15-11-24(12-15)21(26)14-28-20-9-4-17(23)5-10-20;1-19(2,3)26-17(22)9-4-14-12-21(13-14)18(23)25-11-10-24-16-7-5-15(20)6-8-16;14-11-1-3-12(4-2-11)18-5-6-19-13(17)16-8-10(7-15)9-16;1-9(2,3)13-8(12)11-6-7-4-10-5-7;9-6-1-3-7(4-2-6)12-5-8(10)11;9-7-1-3-8(4-2-7)11-6-5-10;3-2(4,5)1(6)7/h2-5,7-10,16H,1,6,11-15H2;2-5,7-10,15H,1,6,11-14H2;5-8,14H,4,9-13H2,1-3H3;1-4,10H,5-9,15H2;7,10H,4-6H2,1-3H3,(H,11,12);1-4H,5H2,(H,10,11);1-4,10H,5-6H2;(H,6,7). The Labute approximate surface area is 885 Å². The summed E-state index contributed by atoms with van der Waals surface area (Å²) in [6, 6.07) is 55.2. The van der Waals surface area contributed by atoms with Crippen molar-refractivity contribution >= 4 is 153 Å². The molecular weight excluding hydrogens is 2080 g/mol. The SMILES string of the molecule is CC(C)(C)OC(=O)CCC1CN(C(=O)OCCOc2ccc(Cl)cc2)C1.CC(C)(C)OC(=O)NCC1CNC1.NCC1CN(C(=O)OCCOc2ccc(Cl)cc2)C1.O=C(CCC1CN(C(=O)COc2ccc(Cl)cc2)C1)COc1ccc(Cl)cc1.O=C(CCC1CN(C(=O)OCCOc2ccc(Cl)cc2)C1)COc1ccc(Cl)cc1.O=C(O)C(F)(F)F.O=C(O)COc1ccc(Cl)cc1.OCCOc1ccc(Cl)cc1. The van der Waals surface area contributed by atoms with Crippen LogP contribution < -0.4 is 54.3 Å². The third-order valence-corrected chi connectivity index (χ3v) is 22.3. The first-order valence-electron chi connectivity index (χ1n) is 46.2. The number of likely N-dealkylation sites (tertiary alicyclic amines) is 4. The number of aliphatic hydroxyl groups excluding tert-OH is 1. The molecule has 0 radical (unpaired) electrons. The van der Waals surface area contributed by atoms with Crippen LogP contribution in [0.4, 0.5) is 32.3 Å². The molecular formula is C102H122Cl8F3N7O26. The molecule has 5 saturated heterocycles. The van der Waals surface area contributed by atoms with Crippen molar-refractivity contribution in [2.75, 3.05) is 158 Å². The number of benzene rings is 8. The lowest BCUT2D eigenvalue weighted by Crippen LogP contribution is -2.52. The second-order valence-electron chi connectivity index (χ2n) is 34.8. The Morgan fingerprint density at radius 1 is 0.356 bits per heavy atom. The van der Waals surface area contributed by atoms with E-state index in [1.165, 1.54) is 0 Å². The Balaban J connectivity index is 0.000000264.